The topological polar surface area (TPSA) is 18.5 Å². The van der Waals surface area contributed by atoms with Crippen molar-refractivity contribution < 1.29 is 9.47 Å². The van der Waals surface area contributed by atoms with Gasteiger partial charge in [-0.3, -0.25) is 0 Å². The van der Waals surface area contributed by atoms with Crippen LogP contribution in [-0.4, -0.2) is 24.5 Å². The maximum Gasteiger partial charge on any atom is 0.272 e. The van der Waals surface area contributed by atoms with Gasteiger partial charge in [0, 0.05) is 10.2 Å². The highest BCUT2D eigenvalue weighted by Gasteiger charge is 2.05. The smallest absolute Gasteiger partial charge is 0.272 e. The minimum atomic E-state index is 0.543. The molecule has 0 radical (unpaired) electrons. The van der Waals surface area contributed by atoms with Gasteiger partial charge in [0.05, 0.1) is 14.2 Å². The fourth-order valence-electron chi connectivity index (χ4n) is 0.641. The predicted molar refractivity (Wildman–Crippen MR) is 45.8 cm³/mol. The monoisotopic (exact) mass is 160 g/mol. The quantitative estimate of drug-likeness (QED) is 0.441. The van der Waals surface area contributed by atoms with Crippen molar-refractivity contribution in [2.24, 2.45) is 5.92 Å². The summed E-state index contributed by atoms with van der Waals surface area (Å²) in [5.41, 5.74) is 0. The van der Waals surface area contributed by atoms with Gasteiger partial charge in [0.15, 0.2) is 0 Å². The molecule has 0 aromatic carbocycles. The van der Waals surface area contributed by atoms with Gasteiger partial charge in [-0.25, -0.2) is 0 Å². The third kappa shape index (κ3) is 2.43. The third-order valence-corrected chi connectivity index (χ3v) is 3.12. The molecule has 0 fully saturated rings. The van der Waals surface area contributed by atoms with Crippen LogP contribution >= 0.6 is 0 Å². The zero-order valence-corrected chi connectivity index (χ0v) is 9.39. The van der Waals surface area contributed by atoms with Crippen molar-refractivity contribution >= 4 is 10.2 Å². The number of hydrogen-bond acceptors (Lipinski definition) is 2. The molecule has 0 N–H and O–H groups in total. The number of methoxy groups -OCH3 is 2. The summed E-state index contributed by atoms with van der Waals surface area (Å²) in [4.78, 5) is 0. The molecule has 0 rings (SSSR count). The Morgan fingerprint density at radius 2 is 1.60 bits per heavy atom. The first-order valence-corrected chi connectivity index (χ1v) is 4.42. The van der Waals surface area contributed by atoms with Crippen LogP contribution in [0.3, 0.4) is 0 Å². The van der Waals surface area contributed by atoms with E-state index in [0.29, 0.717) is 11.9 Å². The molecule has 0 unspecified atom stereocenters. The highest BCUT2D eigenvalue weighted by atomic mass is 28.1. The van der Waals surface area contributed by atoms with Crippen LogP contribution in [0.5, 0.6) is 0 Å². The molecule has 0 spiro atoms. The van der Waals surface area contributed by atoms with E-state index < -0.39 is 0 Å². The highest BCUT2D eigenvalue weighted by molar-refractivity contribution is 6.21. The fraction of sp³-hybridized carbons (Fsp3) is 0.714. The van der Waals surface area contributed by atoms with Crippen molar-refractivity contribution in [3.8, 4) is 0 Å². The van der Waals surface area contributed by atoms with Gasteiger partial charge < -0.3 is 9.47 Å². The summed E-state index contributed by atoms with van der Waals surface area (Å²) >= 11 is 0. The van der Waals surface area contributed by atoms with Crippen molar-refractivity contribution in [2.75, 3.05) is 14.2 Å². The van der Waals surface area contributed by atoms with Gasteiger partial charge in [-0.2, -0.15) is 0 Å². The first-order chi connectivity index (χ1) is 4.63. The Morgan fingerprint density at radius 3 is 1.70 bits per heavy atom. The van der Waals surface area contributed by atoms with Crippen LogP contribution in [0.4, 0.5) is 0 Å². The van der Waals surface area contributed by atoms with Crippen LogP contribution in [0.15, 0.2) is 11.1 Å². The minimum Gasteiger partial charge on any atom is -0.469 e. The molecule has 0 saturated carbocycles. The third-order valence-electron chi connectivity index (χ3n) is 1.56. The van der Waals surface area contributed by atoms with E-state index in [4.69, 9.17) is 9.47 Å². The first kappa shape index (κ1) is 9.56. The molecule has 0 aliphatic heterocycles. The summed E-state index contributed by atoms with van der Waals surface area (Å²) in [6, 6.07) is 0. The molecule has 0 amide bonds. The van der Waals surface area contributed by atoms with Crippen LogP contribution in [-0.2, 0) is 9.47 Å². The van der Waals surface area contributed by atoms with Gasteiger partial charge in [-0.15, -0.1) is 0 Å². The number of ether oxygens (including phenoxy) is 2. The zero-order valence-electron chi connectivity index (χ0n) is 7.39. The predicted octanol–water partition coefficient (Wildman–Crippen LogP) is 0.470. The summed E-state index contributed by atoms with van der Waals surface area (Å²) in [6.07, 6.45) is 0. The summed E-state index contributed by atoms with van der Waals surface area (Å²) in [5.74, 6) is 1.24. The van der Waals surface area contributed by atoms with Gasteiger partial charge in [0.25, 0.3) is 5.95 Å². The molecule has 2 nitrogen and oxygen atoms in total. The van der Waals surface area contributed by atoms with Crippen molar-refractivity contribution in [2.45, 2.75) is 13.8 Å². The number of hydrogen-bond donors (Lipinski definition) is 0. The van der Waals surface area contributed by atoms with Gasteiger partial charge in [-0.05, 0) is 11.1 Å². The maximum absolute atomic E-state index is 5.01. The van der Waals surface area contributed by atoms with Crippen LogP contribution < -0.4 is 0 Å². The van der Waals surface area contributed by atoms with Crippen LogP contribution in [0.1, 0.15) is 13.8 Å². The highest BCUT2D eigenvalue weighted by Crippen LogP contribution is 2.11. The van der Waals surface area contributed by atoms with Crippen molar-refractivity contribution in [1.82, 2.24) is 0 Å². The van der Waals surface area contributed by atoms with Crippen LogP contribution in [0, 0.1) is 5.92 Å². The summed E-state index contributed by atoms with van der Waals surface area (Å²) < 4.78 is 10.0. The average molecular weight is 160 g/mol. The van der Waals surface area contributed by atoms with Crippen LogP contribution in [0.2, 0.25) is 0 Å². The Hall–Kier alpha value is -0.443. The molecular weight excluding hydrogens is 144 g/mol. The van der Waals surface area contributed by atoms with E-state index in [9.17, 15) is 0 Å². The Bertz CT molecular complexity index is 124. The molecule has 0 heterocycles. The second kappa shape index (κ2) is 4.38. The Kier molecular flexibility index (Phi) is 4.19. The second-order valence-corrected chi connectivity index (χ2v) is 3.61. The second-order valence-electron chi connectivity index (χ2n) is 2.53. The SMILES string of the molecule is COC(OC)=C([SiH3])C(C)C. The zero-order chi connectivity index (χ0) is 8.15. The standard InChI is InChI=1S/C7H16O2Si/c1-5(2)6(10)7(8-3)9-4/h5H,1-4,10H3. The van der Waals surface area contributed by atoms with E-state index in [-0.39, 0.29) is 0 Å². The molecule has 10 heavy (non-hydrogen) atoms. The molecule has 0 saturated heterocycles. The van der Waals surface area contributed by atoms with Crippen molar-refractivity contribution in [3.63, 3.8) is 0 Å². The fourth-order valence-corrected chi connectivity index (χ4v) is 1.05. The van der Waals surface area contributed by atoms with E-state index in [1.807, 2.05) is 0 Å². The van der Waals surface area contributed by atoms with E-state index in [1.165, 1.54) is 5.20 Å². The lowest BCUT2D eigenvalue weighted by Crippen LogP contribution is -2.02. The van der Waals surface area contributed by atoms with Crippen molar-refractivity contribution in [1.29, 1.82) is 0 Å². The average Bonchev–Trinajstić information content (AvgIpc) is 1.90. The molecule has 3 heteroatoms. The van der Waals surface area contributed by atoms with Gasteiger partial charge >= 0.3 is 0 Å². The normalized spacial score (nSPS) is 9.70. The molecule has 0 atom stereocenters. The Morgan fingerprint density at radius 1 is 1.20 bits per heavy atom. The molecule has 60 valence electrons. The largest absolute Gasteiger partial charge is 0.469 e. The lowest BCUT2D eigenvalue weighted by atomic mass is 10.2. The number of rotatable bonds is 3. The van der Waals surface area contributed by atoms with E-state index in [2.05, 4.69) is 13.8 Å². The van der Waals surface area contributed by atoms with E-state index in [0.717, 1.165) is 10.2 Å². The Labute approximate surface area is 65.6 Å². The lowest BCUT2D eigenvalue weighted by Gasteiger charge is -2.11. The summed E-state index contributed by atoms with van der Waals surface area (Å²) in [6.45, 7) is 4.28. The molecule has 0 aromatic heterocycles. The molecule has 0 aliphatic carbocycles. The van der Waals surface area contributed by atoms with Crippen molar-refractivity contribution in [3.05, 3.63) is 11.1 Å². The van der Waals surface area contributed by atoms with E-state index >= 15 is 0 Å². The minimum absolute atomic E-state index is 0.543. The van der Waals surface area contributed by atoms with Gasteiger partial charge in [0.1, 0.15) is 0 Å². The molecule has 0 aromatic rings. The molecule has 0 bridgehead atoms. The first-order valence-electron chi connectivity index (χ1n) is 3.42. The van der Waals surface area contributed by atoms with Crippen LogP contribution in [0.25, 0.3) is 0 Å². The summed E-state index contributed by atoms with van der Waals surface area (Å²) in [7, 11) is 4.28. The summed E-state index contributed by atoms with van der Waals surface area (Å²) in [5, 5.41) is 1.28. The van der Waals surface area contributed by atoms with Gasteiger partial charge in [-0.1, -0.05) is 13.8 Å². The maximum atomic E-state index is 5.01. The lowest BCUT2D eigenvalue weighted by molar-refractivity contribution is 0.0909. The van der Waals surface area contributed by atoms with E-state index in [1.54, 1.807) is 14.2 Å². The number of allylic oxidation sites excluding steroid dienone is 1. The Balaban J connectivity index is 4.27. The molecule has 0 aliphatic rings. The van der Waals surface area contributed by atoms with Gasteiger partial charge in [0.2, 0.25) is 0 Å². The molecular formula is C7H16O2Si.